The fourth-order valence-corrected chi connectivity index (χ4v) is 3.06. The van der Waals surface area contributed by atoms with Gasteiger partial charge >= 0.3 is 5.97 Å². The van der Waals surface area contributed by atoms with Gasteiger partial charge in [-0.15, -0.1) is 11.3 Å². The SMILES string of the molecule is CCCCCOc1c(Cl)cc(-c2nc(C(=O)O)cs2)cc1OC. The third-order valence-electron chi connectivity index (χ3n) is 3.19. The Kier molecular flexibility index (Phi) is 6.24. The zero-order valence-electron chi connectivity index (χ0n) is 13.0. The molecule has 0 aliphatic rings. The summed E-state index contributed by atoms with van der Waals surface area (Å²) in [6.45, 7) is 2.70. The standard InChI is InChI=1S/C16H18ClNO4S/c1-3-4-5-6-22-14-11(17)7-10(8-13(14)21-2)15-18-12(9-23-15)16(19)20/h7-9H,3-6H2,1-2H3,(H,19,20). The summed E-state index contributed by atoms with van der Waals surface area (Å²) in [5, 5.41) is 11.4. The van der Waals surface area contributed by atoms with E-state index in [4.69, 9.17) is 26.2 Å². The molecular formula is C16H18ClNO4S. The summed E-state index contributed by atoms with van der Waals surface area (Å²) in [5.74, 6) is -0.0402. The van der Waals surface area contributed by atoms with Gasteiger partial charge in [-0.1, -0.05) is 31.4 Å². The van der Waals surface area contributed by atoms with Crippen LogP contribution in [0.5, 0.6) is 11.5 Å². The molecule has 0 aliphatic carbocycles. The first kappa shape index (κ1) is 17.6. The molecule has 2 rings (SSSR count). The van der Waals surface area contributed by atoms with Crippen molar-refractivity contribution in [3.8, 4) is 22.1 Å². The van der Waals surface area contributed by atoms with Crippen LogP contribution in [0.4, 0.5) is 0 Å². The van der Waals surface area contributed by atoms with Crippen LogP contribution in [0.2, 0.25) is 5.02 Å². The highest BCUT2D eigenvalue weighted by Crippen LogP contribution is 2.40. The highest BCUT2D eigenvalue weighted by atomic mass is 35.5. The highest BCUT2D eigenvalue weighted by molar-refractivity contribution is 7.13. The molecule has 0 radical (unpaired) electrons. The van der Waals surface area contributed by atoms with Crippen molar-refractivity contribution in [2.24, 2.45) is 0 Å². The van der Waals surface area contributed by atoms with Crippen molar-refractivity contribution in [2.45, 2.75) is 26.2 Å². The molecule has 0 saturated heterocycles. The fourth-order valence-electron chi connectivity index (χ4n) is 2.01. The second-order valence-electron chi connectivity index (χ2n) is 4.89. The normalized spacial score (nSPS) is 10.6. The molecule has 0 aliphatic heterocycles. The van der Waals surface area contributed by atoms with Crippen LogP contribution in [0.15, 0.2) is 17.5 Å². The molecule has 0 amide bonds. The Bertz CT molecular complexity index is 687. The zero-order chi connectivity index (χ0) is 16.8. The summed E-state index contributed by atoms with van der Waals surface area (Å²) < 4.78 is 11.1. The molecule has 5 nitrogen and oxygen atoms in total. The van der Waals surface area contributed by atoms with Gasteiger partial charge in [0.1, 0.15) is 5.01 Å². The molecule has 124 valence electrons. The van der Waals surface area contributed by atoms with Crippen molar-refractivity contribution >= 4 is 28.9 Å². The summed E-state index contributed by atoms with van der Waals surface area (Å²) in [6, 6.07) is 3.47. The summed E-state index contributed by atoms with van der Waals surface area (Å²) in [4.78, 5) is 15.0. The number of nitrogens with zero attached hydrogens (tertiary/aromatic N) is 1. The minimum Gasteiger partial charge on any atom is -0.493 e. The third-order valence-corrected chi connectivity index (χ3v) is 4.37. The summed E-state index contributed by atoms with van der Waals surface area (Å²) >= 11 is 7.54. The Morgan fingerprint density at radius 2 is 2.17 bits per heavy atom. The number of aromatic nitrogens is 1. The summed E-state index contributed by atoms with van der Waals surface area (Å²) in [7, 11) is 1.54. The average molecular weight is 356 g/mol. The number of carbonyl (C=O) groups is 1. The van der Waals surface area contributed by atoms with E-state index >= 15 is 0 Å². The Hall–Kier alpha value is -1.79. The first-order valence-electron chi connectivity index (χ1n) is 7.26. The number of carboxylic acid groups (broad SMARTS) is 1. The number of methoxy groups -OCH3 is 1. The van der Waals surface area contributed by atoms with Gasteiger partial charge in [0.25, 0.3) is 0 Å². The quantitative estimate of drug-likeness (QED) is 0.692. The first-order chi connectivity index (χ1) is 11.1. The number of carboxylic acids is 1. The van der Waals surface area contributed by atoms with Gasteiger partial charge in [-0.05, 0) is 18.6 Å². The van der Waals surface area contributed by atoms with E-state index in [-0.39, 0.29) is 5.69 Å². The second-order valence-corrected chi connectivity index (χ2v) is 6.15. The maximum Gasteiger partial charge on any atom is 0.355 e. The predicted molar refractivity (Wildman–Crippen MR) is 91.1 cm³/mol. The lowest BCUT2D eigenvalue weighted by Crippen LogP contribution is -2.00. The molecule has 0 saturated carbocycles. The molecule has 0 unspecified atom stereocenters. The Balaban J connectivity index is 2.25. The molecular weight excluding hydrogens is 338 g/mol. The van der Waals surface area contributed by atoms with Gasteiger partial charge in [0.05, 0.1) is 18.7 Å². The fraction of sp³-hybridized carbons (Fsp3) is 0.375. The number of halogens is 1. The molecule has 0 fully saturated rings. The Morgan fingerprint density at radius 3 is 2.78 bits per heavy atom. The van der Waals surface area contributed by atoms with Crippen LogP contribution >= 0.6 is 22.9 Å². The van der Waals surface area contributed by atoms with Crippen LogP contribution in [-0.2, 0) is 0 Å². The van der Waals surface area contributed by atoms with E-state index in [1.165, 1.54) is 16.7 Å². The van der Waals surface area contributed by atoms with Crippen LogP contribution in [0, 0.1) is 0 Å². The van der Waals surface area contributed by atoms with Crippen molar-refractivity contribution in [1.29, 1.82) is 0 Å². The van der Waals surface area contributed by atoms with E-state index in [9.17, 15) is 4.79 Å². The van der Waals surface area contributed by atoms with Crippen molar-refractivity contribution in [3.63, 3.8) is 0 Å². The Labute approximate surface area is 143 Å². The maximum absolute atomic E-state index is 10.9. The van der Waals surface area contributed by atoms with Crippen LogP contribution in [0.1, 0.15) is 36.7 Å². The highest BCUT2D eigenvalue weighted by Gasteiger charge is 2.16. The molecule has 0 spiro atoms. The van der Waals surface area contributed by atoms with Gasteiger partial charge in [0, 0.05) is 10.9 Å². The number of unbranched alkanes of at least 4 members (excludes halogenated alkanes) is 2. The third kappa shape index (κ3) is 4.36. The van der Waals surface area contributed by atoms with E-state index in [0.29, 0.717) is 33.7 Å². The maximum atomic E-state index is 10.9. The number of aromatic carboxylic acids is 1. The van der Waals surface area contributed by atoms with E-state index in [2.05, 4.69) is 11.9 Å². The molecule has 1 aromatic carbocycles. The van der Waals surface area contributed by atoms with Gasteiger partial charge in [-0.2, -0.15) is 0 Å². The van der Waals surface area contributed by atoms with Crippen LogP contribution < -0.4 is 9.47 Å². The minimum atomic E-state index is -1.05. The molecule has 1 heterocycles. The minimum absolute atomic E-state index is 0.0139. The van der Waals surface area contributed by atoms with Crippen molar-refractivity contribution in [2.75, 3.05) is 13.7 Å². The average Bonchev–Trinajstić information content (AvgIpc) is 3.02. The van der Waals surface area contributed by atoms with Crippen LogP contribution in [-0.4, -0.2) is 29.8 Å². The molecule has 23 heavy (non-hydrogen) atoms. The lowest BCUT2D eigenvalue weighted by molar-refractivity contribution is 0.0691. The zero-order valence-corrected chi connectivity index (χ0v) is 14.5. The second kappa shape index (κ2) is 8.17. The monoisotopic (exact) mass is 355 g/mol. The van der Waals surface area contributed by atoms with Gasteiger partial charge < -0.3 is 14.6 Å². The summed E-state index contributed by atoms with van der Waals surface area (Å²) in [6.07, 6.45) is 3.16. The van der Waals surface area contributed by atoms with E-state index in [1.54, 1.807) is 19.2 Å². The smallest absolute Gasteiger partial charge is 0.355 e. The molecule has 0 bridgehead atoms. The molecule has 2 aromatic rings. The van der Waals surface area contributed by atoms with E-state index in [0.717, 1.165) is 19.3 Å². The van der Waals surface area contributed by atoms with Crippen LogP contribution in [0.25, 0.3) is 10.6 Å². The number of hydrogen-bond acceptors (Lipinski definition) is 5. The molecule has 0 atom stereocenters. The largest absolute Gasteiger partial charge is 0.493 e. The topological polar surface area (TPSA) is 68.7 Å². The number of ether oxygens (including phenoxy) is 2. The van der Waals surface area contributed by atoms with Gasteiger partial charge in [-0.3, -0.25) is 0 Å². The Morgan fingerprint density at radius 1 is 1.39 bits per heavy atom. The van der Waals surface area contributed by atoms with E-state index < -0.39 is 5.97 Å². The molecule has 1 N–H and O–H groups in total. The van der Waals surface area contributed by atoms with Crippen molar-refractivity contribution in [1.82, 2.24) is 4.98 Å². The molecule has 7 heteroatoms. The van der Waals surface area contributed by atoms with Crippen molar-refractivity contribution in [3.05, 3.63) is 28.2 Å². The summed E-state index contributed by atoms with van der Waals surface area (Å²) in [5.41, 5.74) is 0.713. The predicted octanol–water partition coefficient (Wildman–Crippen LogP) is 4.74. The van der Waals surface area contributed by atoms with Gasteiger partial charge in [0.15, 0.2) is 17.2 Å². The number of rotatable bonds is 8. The molecule has 1 aromatic heterocycles. The number of benzene rings is 1. The number of thiazole rings is 1. The van der Waals surface area contributed by atoms with Crippen LogP contribution in [0.3, 0.4) is 0 Å². The van der Waals surface area contributed by atoms with Crippen molar-refractivity contribution < 1.29 is 19.4 Å². The lowest BCUT2D eigenvalue weighted by Gasteiger charge is -2.13. The van der Waals surface area contributed by atoms with Gasteiger partial charge in [0.2, 0.25) is 0 Å². The van der Waals surface area contributed by atoms with E-state index in [1.807, 2.05) is 0 Å². The van der Waals surface area contributed by atoms with Gasteiger partial charge in [-0.25, -0.2) is 9.78 Å². The lowest BCUT2D eigenvalue weighted by atomic mass is 10.2. The number of hydrogen-bond donors (Lipinski definition) is 1. The first-order valence-corrected chi connectivity index (χ1v) is 8.52.